The zero-order valence-electron chi connectivity index (χ0n) is 9.67. The molecule has 15 heavy (non-hydrogen) atoms. The lowest BCUT2D eigenvalue weighted by Gasteiger charge is -2.32. The standard InChI is InChI=1S/C12H22N2O/c1-14-9-5-4-8-11(14)12(15)13-10-6-2-3-7-10/h10-11H,2-9H2,1H3,(H,13,15). The van der Waals surface area contributed by atoms with E-state index in [4.69, 9.17) is 0 Å². The van der Waals surface area contributed by atoms with Gasteiger partial charge in [-0.3, -0.25) is 9.69 Å². The molecule has 2 fully saturated rings. The molecule has 3 nitrogen and oxygen atoms in total. The fourth-order valence-electron chi connectivity index (χ4n) is 2.77. The van der Waals surface area contributed by atoms with Crippen LogP contribution in [0.2, 0.25) is 0 Å². The van der Waals surface area contributed by atoms with Gasteiger partial charge in [0.1, 0.15) is 0 Å². The van der Waals surface area contributed by atoms with Gasteiger partial charge in [0, 0.05) is 6.04 Å². The minimum Gasteiger partial charge on any atom is -0.352 e. The molecule has 1 unspecified atom stereocenters. The van der Waals surface area contributed by atoms with Crippen molar-refractivity contribution >= 4 is 5.91 Å². The highest BCUT2D eigenvalue weighted by atomic mass is 16.2. The van der Waals surface area contributed by atoms with Crippen molar-refractivity contribution in [3.8, 4) is 0 Å². The summed E-state index contributed by atoms with van der Waals surface area (Å²) in [4.78, 5) is 14.2. The van der Waals surface area contributed by atoms with Crippen molar-refractivity contribution in [2.75, 3.05) is 13.6 Å². The highest BCUT2D eigenvalue weighted by Crippen LogP contribution is 2.19. The Labute approximate surface area is 92.2 Å². The molecule has 0 bridgehead atoms. The Morgan fingerprint density at radius 2 is 1.80 bits per heavy atom. The average Bonchev–Trinajstić information content (AvgIpc) is 2.71. The van der Waals surface area contributed by atoms with E-state index in [1.54, 1.807) is 0 Å². The smallest absolute Gasteiger partial charge is 0.237 e. The van der Waals surface area contributed by atoms with Gasteiger partial charge in [0.2, 0.25) is 5.91 Å². The number of likely N-dealkylation sites (N-methyl/N-ethyl adjacent to an activating group) is 1. The van der Waals surface area contributed by atoms with Crippen LogP contribution in [0.5, 0.6) is 0 Å². The van der Waals surface area contributed by atoms with Crippen molar-refractivity contribution < 1.29 is 4.79 Å². The quantitative estimate of drug-likeness (QED) is 0.749. The van der Waals surface area contributed by atoms with E-state index in [1.807, 2.05) is 0 Å². The normalized spacial score (nSPS) is 29.3. The summed E-state index contributed by atoms with van der Waals surface area (Å²) in [6.45, 7) is 1.07. The van der Waals surface area contributed by atoms with Crippen LogP contribution < -0.4 is 5.32 Å². The maximum absolute atomic E-state index is 12.0. The third-order valence-corrected chi connectivity index (χ3v) is 3.77. The number of rotatable bonds is 2. The molecule has 0 aromatic rings. The predicted octanol–water partition coefficient (Wildman–Crippen LogP) is 1.53. The van der Waals surface area contributed by atoms with Crippen molar-refractivity contribution in [2.45, 2.75) is 57.0 Å². The second-order valence-corrected chi connectivity index (χ2v) is 4.98. The molecule has 1 atom stereocenters. The van der Waals surface area contributed by atoms with Crippen LogP contribution >= 0.6 is 0 Å². The molecule has 1 heterocycles. The van der Waals surface area contributed by atoms with E-state index in [9.17, 15) is 4.79 Å². The first-order valence-corrected chi connectivity index (χ1v) is 6.28. The van der Waals surface area contributed by atoms with Crippen LogP contribution in [0, 0.1) is 0 Å². The fourth-order valence-corrected chi connectivity index (χ4v) is 2.77. The Balaban J connectivity index is 1.83. The van der Waals surface area contributed by atoms with Crippen LogP contribution in [0.15, 0.2) is 0 Å². The molecular formula is C12H22N2O. The molecule has 1 saturated heterocycles. The number of nitrogens with one attached hydrogen (secondary N) is 1. The summed E-state index contributed by atoms with van der Waals surface area (Å²) in [5, 5.41) is 3.20. The minimum atomic E-state index is 0.138. The second kappa shape index (κ2) is 4.97. The van der Waals surface area contributed by atoms with Gasteiger partial charge >= 0.3 is 0 Å². The number of carbonyl (C=O) groups excluding carboxylic acids is 1. The van der Waals surface area contributed by atoms with Gasteiger partial charge in [0.05, 0.1) is 6.04 Å². The van der Waals surface area contributed by atoms with Crippen LogP contribution in [0.4, 0.5) is 0 Å². The summed E-state index contributed by atoms with van der Waals surface area (Å²) in [7, 11) is 2.07. The highest BCUT2D eigenvalue weighted by molar-refractivity contribution is 5.82. The van der Waals surface area contributed by atoms with Crippen molar-refractivity contribution in [1.82, 2.24) is 10.2 Å². The number of likely N-dealkylation sites (tertiary alicyclic amines) is 1. The Hall–Kier alpha value is -0.570. The predicted molar refractivity (Wildman–Crippen MR) is 60.7 cm³/mol. The largest absolute Gasteiger partial charge is 0.352 e. The third-order valence-electron chi connectivity index (χ3n) is 3.77. The van der Waals surface area contributed by atoms with Gasteiger partial charge in [0.15, 0.2) is 0 Å². The molecule has 0 aromatic carbocycles. The van der Waals surface area contributed by atoms with E-state index in [-0.39, 0.29) is 11.9 Å². The molecule has 2 aliphatic rings. The molecule has 2 rings (SSSR count). The van der Waals surface area contributed by atoms with Crippen LogP contribution in [0.25, 0.3) is 0 Å². The van der Waals surface area contributed by atoms with Crippen LogP contribution in [-0.4, -0.2) is 36.5 Å². The highest BCUT2D eigenvalue weighted by Gasteiger charge is 2.27. The molecule has 1 aliphatic heterocycles. The number of nitrogens with zero attached hydrogens (tertiary/aromatic N) is 1. The second-order valence-electron chi connectivity index (χ2n) is 4.98. The van der Waals surface area contributed by atoms with Gasteiger partial charge in [0.25, 0.3) is 0 Å². The summed E-state index contributed by atoms with van der Waals surface area (Å²) in [6, 6.07) is 0.604. The number of hydrogen-bond donors (Lipinski definition) is 1. The molecule has 1 saturated carbocycles. The lowest BCUT2D eigenvalue weighted by molar-refractivity contribution is -0.127. The van der Waals surface area contributed by atoms with Crippen LogP contribution in [-0.2, 0) is 4.79 Å². The summed E-state index contributed by atoms with van der Waals surface area (Å²) < 4.78 is 0. The maximum atomic E-state index is 12.0. The fraction of sp³-hybridized carbons (Fsp3) is 0.917. The summed E-state index contributed by atoms with van der Waals surface area (Å²) >= 11 is 0. The number of carbonyl (C=O) groups is 1. The summed E-state index contributed by atoms with van der Waals surface area (Å²) in [5.41, 5.74) is 0. The van der Waals surface area contributed by atoms with Gasteiger partial charge in [-0.1, -0.05) is 19.3 Å². The van der Waals surface area contributed by atoms with Gasteiger partial charge in [-0.05, 0) is 39.3 Å². The summed E-state index contributed by atoms with van der Waals surface area (Å²) in [6.07, 6.45) is 8.41. The Morgan fingerprint density at radius 3 is 2.47 bits per heavy atom. The van der Waals surface area contributed by atoms with Gasteiger partial charge in [-0.2, -0.15) is 0 Å². The molecule has 1 amide bonds. The van der Waals surface area contributed by atoms with Gasteiger partial charge in [-0.25, -0.2) is 0 Å². The SMILES string of the molecule is CN1CCCCC1C(=O)NC1CCCC1. The molecule has 86 valence electrons. The van der Waals surface area contributed by atoms with E-state index >= 15 is 0 Å². The molecule has 1 N–H and O–H groups in total. The van der Waals surface area contributed by atoms with Crippen molar-refractivity contribution in [3.05, 3.63) is 0 Å². The summed E-state index contributed by atoms with van der Waals surface area (Å²) in [5.74, 6) is 0.268. The first-order chi connectivity index (χ1) is 7.27. The monoisotopic (exact) mass is 210 g/mol. The third kappa shape index (κ3) is 2.71. The number of piperidine rings is 1. The molecule has 0 radical (unpaired) electrons. The van der Waals surface area contributed by atoms with Gasteiger partial charge in [-0.15, -0.1) is 0 Å². The van der Waals surface area contributed by atoms with Crippen molar-refractivity contribution in [2.24, 2.45) is 0 Å². The zero-order chi connectivity index (χ0) is 10.7. The number of hydrogen-bond acceptors (Lipinski definition) is 2. The van der Waals surface area contributed by atoms with E-state index in [2.05, 4.69) is 17.3 Å². The first kappa shape index (κ1) is 10.9. The minimum absolute atomic E-state index is 0.138. The lowest BCUT2D eigenvalue weighted by atomic mass is 10.0. The maximum Gasteiger partial charge on any atom is 0.237 e. The van der Waals surface area contributed by atoms with E-state index in [0.717, 1.165) is 13.0 Å². The van der Waals surface area contributed by atoms with E-state index < -0.39 is 0 Å². The van der Waals surface area contributed by atoms with E-state index in [1.165, 1.54) is 38.5 Å². The molecule has 3 heteroatoms. The van der Waals surface area contributed by atoms with Crippen molar-refractivity contribution in [3.63, 3.8) is 0 Å². The number of amides is 1. The van der Waals surface area contributed by atoms with Crippen molar-refractivity contribution in [1.29, 1.82) is 0 Å². The van der Waals surface area contributed by atoms with E-state index in [0.29, 0.717) is 6.04 Å². The van der Waals surface area contributed by atoms with Gasteiger partial charge < -0.3 is 5.32 Å². The van der Waals surface area contributed by atoms with Crippen LogP contribution in [0.1, 0.15) is 44.9 Å². The molecule has 1 aliphatic carbocycles. The molecular weight excluding hydrogens is 188 g/mol. The lowest BCUT2D eigenvalue weighted by Crippen LogP contribution is -2.49. The average molecular weight is 210 g/mol. The van der Waals surface area contributed by atoms with Crippen LogP contribution in [0.3, 0.4) is 0 Å². The first-order valence-electron chi connectivity index (χ1n) is 6.28. The Kier molecular flexibility index (Phi) is 3.62. The topological polar surface area (TPSA) is 32.3 Å². The Morgan fingerprint density at radius 1 is 1.13 bits per heavy atom. The molecule has 0 aromatic heterocycles. The zero-order valence-corrected chi connectivity index (χ0v) is 9.67. The Bertz CT molecular complexity index is 224. The molecule has 0 spiro atoms.